The zero-order chi connectivity index (χ0) is 7.86. The van der Waals surface area contributed by atoms with Crippen molar-refractivity contribution < 1.29 is 14.4 Å². The zero-order valence-corrected chi connectivity index (χ0v) is 6.88. The molecule has 0 radical (unpaired) electrons. The lowest BCUT2D eigenvalue weighted by atomic mass is 10.4. The van der Waals surface area contributed by atoms with Gasteiger partial charge in [0.05, 0.1) is 0 Å². The fourth-order valence-electron chi connectivity index (χ4n) is 0. The Balaban J connectivity index is 0. The molecule has 0 aromatic rings. The molecule has 0 bridgehead atoms. The minimum Gasteiger partial charge on any atom is -0.326 e. The van der Waals surface area contributed by atoms with Gasteiger partial charge in [0.1, 0.15) is 0 Å². The van der Waals surface area contributed by atoms with Crippen molar-refractivity contribution in [3.63, 3.8) is 0 Å². The molecule has 4 nitrogen and oxygen atoms in total. The van der Waals surface area contributed by atoms with Crippen LogP contribution in [0.1, 0.15) is 13.8 Å². The Morgan fingerprint density at radius 2 is 1.56 bits per heavy atom. The molecule has 3 N–H and O–H groups in total. The van der Waals surface area contributed by atoms with Crippen LogP contribution in [0.25, 0.3) is 0 Å². The maximum atomic E-state index is 8.74. The van der Waals surface area contributed by atoms with Crippen molar-refractivity contribution in [2.45, 2.75) is 19.9 Å². The summed E-state index contributed by atoms with van der Waals surface area (Å²) in [5.74, 6) is 0. The molecule has 0 amide bonds. The van der Waals surface area contributed by atoms with Crippen molar-refractivity contribution in [2.75, 3.05) is 7.05 Å². The van der Waals surface area contributed by atoms with Crippen LogP contribution in [0.5, 0.6) is 0 Å². The minimum absolute atomic E-state index is 0.634. The number of hydrogen-bond donors (Lipinski definition) is 3. The summed E-state index contributed by atoms with van der Waals surface area (Å²) in [5.41, 5.74) is 0. The maximum absolute atomic E-state index is 8.74. The summed E-state index contributed by atoms with van der Waals surface area (Å²) in [5, 5.41) is 3.03. The Morgan fingerprint density at radius 3 is 1.56 bits per heavy atom. The fraction of sp³-hybridized carbons (Fsp3) is 1.00. The van der Waals surface area contributed by atoms with Gasteiger partial charge in [0.2, 0.25) is 0 Å². The highest BCUT2D eigenvalue weighted by Crippen LogP contribution is 1.98. The standard InChI is InChI=1S/C4H11N.H3O3P/c1-4(2)5-3;1-4(2)3/h4-5H,1-3H3;4H,(H2,1,2,3). The van der Waals surface area contributed by atoms with E-state index < -0.39 is 8.25 Å². The molecule has 9 heavy (non-hydrogen) atoms. The Bertz CT molecular complexity index is 72.2. The summed E-state index contributed by atoms with van der Waals surface area (Å²) >= 11 is 0. The highest BCUT2D eigenvalue weighted by atomic mass is 31.1. The highest BCUT2D eigenvalue weighted by molar-refractivity contribution is 7.30. The summed E-state index contributed by atoms with van der Waals surface area (Å²) in [6.45, 7) is 4.22. The van der Waals surface area contributed by atoms with Crippen molar-refractivity contribution in [3.05, 3.63) is 0 Å². The van der Waals surface area contributed by atoms with E-state index in [0.717, 1.165) is 0 Å². The molecule has 0 heterocycles. The van der Waals surface area contributed by atoms with E-state index in [1.807, 2.05) is 7.05 Å². The van der Waals surface area contributed by atoms with E-state index in [-0.39, 0.29) is 0 Å². The molecule has 0 aliphatic carbocycles. The largest absolute Gasteiger partial charge is 0.326 e. The van der Waals surface area contributed by atoms with E-state index in [9.17, 15) is 0 Å². The molecule has 0 rings (SSSR count). The third-order valence-corrected chi connectivity index (χ3v) is 0.577. The molecule has 0 unspecified atom stereocenters. The topological polar surface area (TPSA) is 69.6 Å². The maximum Gasteiger partial charge on any atom is 0.314 e. The number of rotatable bonds is 1. The van der Waals surface area contributed by atoms with Gasteiger partial charge in [-0.05, 0) is 7.05 Å². The van der Waals surface area contributed by atoms with Crippen molar-refractivity contribution in [3.8, 4) is 0 Å². The Hall–Kier alpha value is 0.110. The molecular formula is C4H14NO3P. The van der Waals surface area contributed by atoms with Crippen molar-refractivity contribution in [1.82, 2.24) is 5.32 Å². The van der Waals surface area contributed by atoms with E-state index in [0.29, 0.717) is 6.04 Å². The molecule has 0 spiro atoms. The second-order valence-corrected chi connectivity index (χ2v) is 2.29. The van der Waals surface area contributed by atoms with Crippen LogP contribution in [0.4, 0.5) is 0 Å². The van der Waals surface area contributed by atoms with Crippen molar-refractivity contribution in [1.29, 1.82) is 0 Å². The number of hydrogen-bond acceptors (Lipinski definition) is 2. The van der Waals surface area contributed by atoms with Gasteiger partial charge < -0.3 is 15.1 Å². The summed E-state index contributed by atoms with van der Waals surface area (Å²) < 4.78 is 8.74. The normalized spacial score (nSPS) is 9.22. The van der Waals surface area contributed by atoms with Gasteiger partial charge in [-0.2, -0.15) is 0 Å². The van der Waals surface area contributed by atoms with Crippen LogP contribution in [0.2, 0.25) is 0 Å². The molecule has 5 heteroatoms. The van der Waals surface area contributed by atoms with Gasteiger partial charge in [-0.25, -0.2) is 0 Å². The molecule has 0 aromatic carbocycles. The van der Waals surface area contributed by atoms with Gasteiger partial charge in [0, 0.05) is 6.04 Å². The van der Waals surface area contributed by atoms with E-state index in [2.05, 4.69) is 19.2 Å². The average molecular weight is 155 g/mol. The Labute approximate surface area is 55.9 Å². The second-order valence-electron chi connectivity index (χ2n) is 1.73. The monoisotopic (exact) mass is 155 g/mol. The molecule has 0 aliphatic rings. The third-order valence-electron chi connectivity index (χ3n) is 0.577. The van der Waals surface area contributed by atoms with Crippen LogP contribution in [-0.4, -0.2) is 22.9 Å². The first-order valence-electron chi connectivity index (χ1n) is 2.59. The lowest BCUT2D eigenvalue weighted by Crippen LogP contribution is -2.15. The van der Waals surface area contributed by atoms with E-state index in [4.69, 9.17) is 14.4 Å². The summed E-state index contributed by atoms with van der Waals surface area (Å²) in [7, 11) is -1.18. The lowest BCUT2D eigenvalue weighted by Gasteiger charge is -1.95. The molecule has 58 valence electrons. The van der Waals surface area contributed by atoms with Gasteiger partial charge in [0.25, 0.3) is 0 Å². The quantitative estimate of drug-likeness (QED) is 0.465. The highest BCUT2D eigenvalue weighted by Gasteiger charge is 1.76. The van der Waals surface area contributed by atoms with Gasteiger partial charge in [-0.1, -0.05) is 13.8 Å². The average Bonchev–Trinajstić information content (AvgIpc) is 1.65. The first-order chi connectivity index (χ1) is 4.00. The predicted octanol–water partition coefficient (Wildman–Crippen LogP) is -0.0251. The molecule has 0 saturated heterocycles. The van der Waals surface area contributed by atoms with Crippen molar-refractivity contribution >= 4 is 8.25 Å². The fourth-order valence-corrected chi connectivity index (χ4v) is 0. The molecular weight excluding hydrogens is 141 g/mol. The predicted molar refractivity (Wildman–Crippen MR) is 37.6 cm³/mol. The van der Waals surface area contributed by atoms with Gasteiger partial charge >= 0.3 is 8.25 Å². The van der Waals surface area contributed by atoms with Crippen LogP contribution in [0.15, 0.2) is 0 Å². The summed E-state index contributed by atoms with van der Waals surface area (Å²) in [6, 6.07) is 0.634. The van der Waals surface area contributed by atoms with Gasteiger partial charge in [-0.15, -0.1) is 0 Å². The lowest BCUT2D eigenvalue weighted by molar-refractivity contribution is 0.405. The molecule has 0 atom stereocenters. The zero-order valence-electron chi connectivity index (χ0n) is 5.88. The molecule has 0 saturated carbocycles. The molecule has 0 fully saturated rings. The first kappa shape index (κ1) is 11.9. The van der Waals surface area contributed by atoms with Gasteiger partial charge in [0.15, 0.2) is 0 Å². The summed E-state index contributed by atoms with van der Waals surface area (Å²) in [6.07, 6.45) is 0. The Morgan fingerprint density at radius 1 is 1.44 bits per heavy atom. The number of nitrogens with one attached hydrogen (secondary N) is 1. The SMILES string of the molecule is CNC(C)C.O=[PH](O)O. The van der Waals surface area contributed by atoms with Crippen molar-refractivity contribution in [2.24, 2.45) is 0 Å². The summed E-state index contributed by atoms with van der Waals surface area (Å²) in [4.78, 5) is 14.3. The van der Waals surface area contributed by atoms with Crippen LogP contribution in [-0.2, 0) is 4.57 Å². The second kappa shape index (κ2) is 8.11. The van der Waals surface area contributed by atoms with Crippen LogP contribution in [0, 0.1) is 0 Å². The van der Waals surface area contributed by atoms with E-state index >= 15 is 0 Å². The smallest absolute Gasteiger partial charge is 0.314 e. The van der Waals surface area contributed by atoms with Crippen LogP contribution in [0.3, 0.4) is 0 Å². The molecule has 0 aliphatic heterocycles. The van der Waals surface area contributed by atoms with Gasteiger partial charge in [-0.3, -0.25) is 4.57 Å². The van der Waals surface area contributed by atoms with E-state index in [1.165, 1.54) is 0 Å². The van der Waals surface area contributed by atoms with E-state index in [1.54, 1.807) is 0 Å². The minimum atomic E-state index is -3.13. The van der Waals surface area contributed by atoms with Crippen LogP contribution < -0.4 is 5.32 Å². The first-order valence-corrected chi connectivity index (χ1v) is 3.90. The molecule has 0 aromatic heterocycles. The Kier molecular flexibility index (Phi) is 10.7. The van der Waals surface area contributed by atoms with Crippen LogP contribution >= 0.6 is 8.25 Å². The third kappa shape index (κ3) is 68.0.